The van der Waals surface area contributed by atoms with Gasteiger partial charge in [0, 0.05) is 11.8 Å². The van der Waals surface area contributed by atoms with Crippen molar-refractivity contribution in [2.75, 3.05) is 5.33 Å². The van der Waals surface area contributed by atoms with Crippen molar-refractivity contribution >= 4 is 27.6 Å². The van der Waals surface area contributed by atoms with Crippen molar-refractivity contribution in [3.05, 3.63) is 35.9 Å². The Hall–Kier alpha value is -1.36. The minimum atomic E-state index is -0.423. The van der Waals surface area contributed by atoms with Gasteiger partial charge < -0.3 is 9.57 Å². The summed E-state index contributed by atoms with van der Waals surface area (Å²) in [5.74, 6) is -0.336. The number of halogens is 1. The van der Waals surface area contributed by atoms with Crippen LogP contribution in [-0.2, 0) is 9.57 Å². The molecular formula is C14H16BrNO3. The number of rotatable bonds is 3. The van der Waals surface area contributed by atoms with E-state index in [2.05, 4.69) is 21.1 Å². The lowest BCUT2D eigenvalue weighted by molar-refractivity contribution is -0.0589. The Morgan fingerprint density at radius 3 is 2.79 bits per heavy atom. The summed E-state index contributed by atoms with van der Waals surface area (Å²) >= 11 is 3.33. The maximum atomic E-state index is 12.1. The highest BCUT2D eigenvalue weighted by molar-refractivity contribution is 9.09. The number of nitrogens with zero attached hydrogens (tertiary/aromatic N) is 1. The van der Waals surface area contributed by atoms with Gasteiger partial charge in [0.15, 0.2) is 0 Å². The Morgan fingerprint density at radius 1 is 1.47 bits per heavy atom. The molecule has 1 heterocycles. The standard InChI is InChI=1S/C14H16BrNO3/c1-14(2)8-12(11(9-15)16-19-14)18-13(17)10-6-4-3-5-7-10/h3-7,12H,8-9H2,1-2H3. The first-order valence-corrected chi connectivity index (χ1v) is 7.21. The fourth-order valence-electron chi connectivity index (χ4n) is 1.83. The molecule has 1 aromatic carbocycles. The van der Waals surface area contributed by atoms with Crippen LogP contribution in [0, 0.1) is 0 Å². The van der Waals surface area contributed by atoms with Gasteiger partial charge in [-0.25, -0.2) is 4.79 Å². The van der Waals surface area contributed by atoms with Crippen LogP contribution in [-0.4, -0.2) is 28.7 Å². The van der Waals surface area contributed by atoms with Gasteiger partial charge in [0.2, 0.25) is 0 Å². The number of hydrogen-bond acceptors (Lipinski definition) is 4. The Balaban J connectivity index is 2.11. The molecule has 5 heteroatoms. The molecule has 0 aliphatic carbocycles. The zero-order valence-electron chi connectivity index (χ0n) is 10.9. The molecule has 102 valence electrons. The summed E-state index contributed by atoms with van der Waals surface area (Å²) in [5.41, 5.74) is 0.817. The quantitative estimate of drug-likeness (QED) is 0.633. The summed E-state index contributed by atoms with van der Waals surface area (Å²) in [5, 5.41) is 4.55. The second-order valence-corrected chi connectivity index (χ2v) is 5.59. The van der Waals surface area contributed by atoms with Crippen molar-refractivity contribution < 1.29 is 14.4 Å². The number of alkyl halides is 1. The normalized spacial score (nSPS) is 21.2. The van der Waals surface area contributed by atoms with Gasteiger partial charge in [-0.15, -0.1) is 0 Å². The molecular weight excluding hydrogens is 310 g/mol. The van der Waals surface area contributed by atoms with Crippen LogP contribution >= 0.6 is 15.9 Å². The van der Waals surface area contributed by atoms with E-state index >= 15 is 0 Å². The van der Waals surface area contributed by atoms with E-state index in [4.69, 9.17) is 9.57 Å². The van der Waals surface area contributed by atoms with E-state index in [-0.39, 0.29) is 12.1 Å². The fourth-order valence-corrected chi connectivity index (χ4v) is 2.30. The van der Waals surface area contributed by atoms with Gasteiger partial charge in [-0.3, -0.25) is 0 Å². The van der Waals surface area contributed by atoms with Crippen LogP contribution in [0.5, 0.6) is 0 Å². The molecule has 1 aliphatic heterocycles. The van der Waals surface area contributed by atoms with Crippen molar-refractivity contribution in [1.29, 1.82) is 0 Å². The largest absolute Gasteiger partial charge is 0.452 e. The number of hydrogen-bond donors (Lipinski definition) is 0. The summed E-state index contributed by atoms with van der Waals surface area (Å²) in [6.07, 6.45) is 0.242. The van der Waals surface area contributed by atoms with Crippen LogP contribution in [0.2, 0.25) is 0 Å². The lowest BCUT2D eigenvalue weighted by atomic mass is 9.97. The predicted molar refractivity (Wildman–Crippen MR) is 76.7 cm³/mol. The molecule has 2 rings (SSSR count). The van der Waals surface area contributed by atoms with E-state index in [1.165, 1.54) is 0 Å². The summed E-state index contributed by atoms with van der Waals surface area (Å²) in [6, 6.07) is 8.95. The molecule has 0 aromatic heterocycles. The van der Waals surface area contributed by atoms with E-state index < -0.39 is 5.60 Å². The first-order valence-electron chi connectivity index (χ1n) is 6.09. The van der Waals surface area contributed by atoms with Gasteiger partial charge >= 0.3 is 5.97 Å². The smallest absolute Gasteiger partial charge is 0.338 e. The van der Waals surface area contributed by atoms with E-state index in [9.17, 15) is 4.79 Å². The second kappa shape index (κ2) is 5.74. The van der Waals surface area contributed by atoms with Gasteiger partial charge in [-0.05, 0) is 26.0 Å². The maximum absolute atomic E-state index is 12.1. The van der Waals surface area contributed by atoms with Crippen LogP contribution < -0.4 is 0 Å². The summed E-state index contributed by atoms with van der Waals surface area (Å²) in [4.78, 5) is 17.4. The van der Waals surface area contributed by atoms with Crippen LogP contribution in [0.15, 0.2) is 35.5 Å². The van der Waals surface area contributed by atoms with Crippen molar-refractivity contribution in [3.8, 4) is 0 Å². The zero-order chi connectivity index (χ0) is 13.9. The number of carbonyl (C=O) groups excluding carboxylic acids is 1. The summed E-state index contributed by atoms with van der Waals surface area (Å²) in [7, 11) is 0. The number of benzene rings is 1. The molecule has 0 radical (unpaired) electrons. The molecule has 0 spiro atoms. The van der Waals surface area contributed by atoms with Crippen LogP contribution in [0.1, 0.15) is 30.6 Å². The molecule has 1 unspecified atom stereocenters. The van der Waals surface area contributed by atoms with Gasteiger partial charge in [0.05, 0.1) is 5.56 Å². The first kappa shape index (κ1) is 14.1. The number of carbonyl (C=O) groups is 1. The average Bonchev–Trinajstić information content (AvgIpc) is 2.39. The Kier molecular flexibility index (Phi) is 4.24. The Bertz CT molecular complexity index is 485. The van der Waals surface area contributed by atoms with Crippen LogP contribution in [0.4, 0.5) is 0 Å². The van der Waals surface area contributed by atoms with Gasteiger partial charge in [-0.2, -0.15) is 0 Å². The molecule has 1 aliphatic rings. The van der Waals surface area contributed by atoms with Crippen LogP contribution in [0.3, 0.4) is 0 Å². The van der Waals surface area contributed by atoms with Crippen molar-refractivity contribution in [1.82, 2.24) is 0 Å². The predicted octanol–water partition coefficient (Wildman–Crippen LogP) is 3.16. The van der Waals surface area contributed by atoms with Crippen molar-refractivity contribution in [2.45, 2.75) is 32.0 Å². The van der Waals surface area contributed by atoms with Gasteiger partial charge in [0.25, 0.3) is 0 Å². The highest BCUT2D eigenvalue weighted by Crippen LogP contribution is 2.26. The van der Waals surface area contributed by atoms with E-state index in [0.29, 0.717) is 23.0 Å². The highest BCUT2D eigenvalue weighted by Gasteiger charge is 2.35. The van der Waals surface area contributed by atoms with Gasteiger partial charge in [-0.1, -0.05) is 39.3 Å². The summed E-state index contributed by atoms with van der Waals surface area (Å²) < 4.78 is 5.54. The van der Waals surface area contributed by atoms with E-state index in [1.807, 2.05) is 32.0 Å². The third-order valence-electron chi connectivity index (χ3n) is 2.85. The molecule has 0 amide bonds. The first-order chi connectivity index (χ1) is 9.02. The Morgan fingerprint density at radius 2 is 2.16 bits per heavy atom. The number of ether oxygens (including phenoxy) is 1. The third kappa shape index (κ3) is 3.56. The van der Waals surface area contributed by atoms with E-state index in [1.54, 1.807) is 12.1 Å². The third-order valence-corrected chi connectivity index (χ3v) is 3.43. The van der Waals surface area contributed by atoms with Gasteiger partial charge in [0.1, 0.15) is 17.4 Å². The molecule has 1 atom stereocenters. The van der Waals surface area contributed by atoms with Crippen LogP contribution in [0.25, 0.3) is 0 Å². The molecule has 0 saturated carbocycles. The Labute approximate surface area is 120 Å². The fraction of sp³-hybridized carbons (Fsp3) is 0.429. The second-order valence-electron chi connectivity index (χ2n) is 5.03. The number of esters is 1. The monoisotopic (exact) mass is 325 g/mol. The molecule has 4 nitrogen and oxygen atoms in total. The molecule has 0 saturated heterocycles. The average molecular weight is 326 g/mol. The highest BCUT2D eigenvalue weighted by atomic mass is 79.9. The minimum absolute atomic E-state index is 0.336. The maximum Gasteiger partial charge on any atom is 0.338 e. The summed E-state index contributed by atoms with van der Waals surface area (Å²) in [6.45, 7) is 3.84. The van der Waals surface area contributed by atoms with Crippen molar-refractivity contribution in [2.24, 2.45) is 5.16 Å². The molecule has 0 N–H and O–H groups in total. The molecule has 19 heavy (non-hydrogen) atoms. The molecule has 0 bridgehead atoms. The number of oxime groups is 1. The molecule has 0 fully saturated rings. The SMILES string of the molecule is CC1(C)CC(OC(=O)c2ccccc2)C(CBr)=NO1. The topological polar surface area (TPSA) is 47.9 Å². The van der Waals surface area contributed by atoms with E-state index in [0.717, 1.165) is 0 Å². The minimum Gasteiger partial charge on any atom is -0.452 e. The zero-order valence-corrected chi connectivity index (χ0v) is 12.5. The van der Waals surface area contributed by atoms with Crippen molar-refractivity contribution in [3.63, 3.8) is 0 Å². The lowest BCUT2D eigenvalue weighted by Gasteiger charge is -2.32. The molecule has 1 aromatic rings. The lowest BCUT2D eigenvalue weighted by Crippen LogP contribution is -2.41.